The van der Waals surface area contributed by atoms with Gasteiger partial charge in [-0.1, -0.05) is 12.1 Å². The SMILES string of the molecule is COCCNC(=O)C1(c2ccc(NS(=O)(=O)c3ccc(NC(C)=O)cc3)cc2)CC1.O=C(O)C(F)(F)F. The fourth-order valence-corrected chi connectivity index (χ4v) is 4.26. The fraction of sp³-hybridized carbons (Fsp3) is 0.348. The highest BCUT2D eigenvalue weighted by molar-refractivity contribution is 7.92. The quantitative estimate of drug-likeness (QED) is 0.354. The number of amides is 2. The van der Waals surface area contributed by atoms with Gasteiger partial charge in [-0.15, -0.1) is 0 Å². The van der Waals surface area contributed by atoms with Crippen LogP contribution in [-0.2, 0) is 34.6 Å². The predicted octanol–water partition coefficient (Wildman–Crippen LogP) is 2.87. The number of carbonyl (C=O) groups is 3. The van der Waals surface area contributed by atoms with Crippen molar-refractivity contribution in [1.82, 2.24) is 5.32 Å². The summed E-state index contributed by atoms with van der Waals surface area (Å²) in [7, 11) is -2.20. The van der Waals surface area contributed by atoms with Gasteiger partial charge >= 0.3 is 12.1 Å². The van der Waals surface area contributed by atoms with Crippen molar-refractivity contribution in [2.24, 2.45) is 0 Å². The van der Waals surface area contributed by atoms with Crippen molar-refractivity contribution in [2.45, 2.75) is 36.3 Å². The summed E-state index contributed by atoms with van der Waals surface area (Å²) in [5.74, 6) is -3.02. The third-order valence-electron chi connectivity index (χ3n) is 5.19. The second-order valence-corrected chi connectivity index (χ2v) is 9.70. The average Bonchev–Trinajstić information content (AvgIpc) is 3.61. The summed E-state index contributed by atoms with van der Waals surface area (Å²) >= 11 is 0. The number of ether oxygens (including phenoxy) is 1. The number of halogens is 3. The molecule has 0 bridgehead atoms. The Morgan fingerprint density at radius 2 is 1.51 bits per heavy atom. The molecule has 202 valence electrons. The normalized spacial score (nSPS) is 14.0. The van der Waals surface area contributed by atoms with E-state index in [0.29, 0.717) is 24.5 Å². The maximum absolute atomic E-state index is 12.6. The summed E-state index contributed by atoms with van der Waals surface area (Å²) < 4.78 is 64.4. The lowest BCUT2D eigenvalue weighted by Gasteiger charge is -2.16. The van der Waals surface area contributed by atoms with Crippen molar-refractivity contribution in [3.05, 3.63) is 54.1 Å². The Balaban J connectivity index is 0.000000604. The van der Waals surface area contributed by atoms with Crippen LogP contribution in [0.4, 0.5) is 24.5 Å². The fourth-order valence-electron chi connectivity index (χ4n) is 3.20. The molecule has 0 heterocycles. The molecule has 2 aromatic carbocycles. The zero-order chi connectivity index (χ0) is 27.9. The largest absolute Gasteiger partial charge is 0.490 e. The lowest BCUT2D eigenvalue weighted by molar-refractivity contribution is -0.192. The number of hydrogen-bond acceptors (Lipinski definition) is 6. The lowest BCUT2D eigenvalue weighted by atomic mass is 9.95. The number of hydrogen-bond donors (Lipinski definition) is 4. The van der Waals surface area contributed by atoms with Crippen LogP contribution >= 0.6 is 0 Å². The van der Waals surface area contributed by atoms with Gasteiger partial charge in [-0.25, -0.2) is 13.2 Å². The molecule has 0 radical (unpaired) electrons. The summed E-state index contributed by atoms with van der Waals surface area (Å²) in [5, 5.41) is 12.6. The summed E-state index contributed by atoms with van der Waals surface area (Å²) in [6.45, 7) is 2.29. The van der Waals surface area contributed by atoms with Crippen LogP contribution < -0.4 is 15.4 Å². The highest BCUT2D eigenvalue weighted by Gasteiger charge is 2.51. The van der Waals surface area contributed by atoms with Crippen LogP contribution in [0.25, 0.3) is 0 Å². The third-order valence-corrected chi connectivity index (χ3v) is 6.59. The zero-order valence-electron chi connectivity index (χ0n) is 19.9. The molecule has 0 atom stereocenters. The molecule has 1 aliphatic rings. The Morgan fingerprint density at radius 3 is 1.95 bits per heavy atom. The number of carboxylic acid groups (broad SMARTS) is 1. The van der Waals surface area contributed by atoms with Crippen molar-refractivity contribution < 1.29 is 45.8 Å². The molecule has 0 aliphatic heterocycles. The van der Waals surface area contributed by atoms with E-state index in [1.54, 1.807) is 31.4 Å². The van der Waals surface area contributed by atoms with Crippen molar-refractivity contribution >= 4 is 39.2 Å². The number of benzene rings is 2. The molecule has 37 heavy (non-hydrogen) atoms. The molecule has 0 unspecified atom stereocenters. The maximum Gasteiger partial charge on any atom is 0.490 e. The Bertz CT molecular complexity index is 1210. The van der Waals surface area contributed by atoms with Gasteiger partial charge < -0.3 is 20.5 Å². The van der Waals surface area contributed by atoms with Gasteiger partial charge in [0.05, 0.1) is 16.9 Å². The van der Waals surface area contributed by atoms with Crippen LogP contribution in [0.1, 0.15) is 25.3 Å². The molecule has 1 saturated carbocycles. The van der Waals surface area contributed by atoms with Gasteiger partial charge in [-0.3, -0.25) is 14.3 Å². The first-order valence-corrected chi connectivity index (χ1v) is 12.3. The molecular weight excluding hydrogens is 519 g/mol. The first-order chi connectivity index (χ1) is 17.2. The molecule has 14 heteroatoms. The molecule has 1 fully saturated rings. The van der Waals surface area contributed by atoms with Crippen LogP contribution in [0.15, 0.2) is 53.4 Å². The molecule has 1 aliphatic carbocycles. The minimum Gasteiger partial charge on any atom is -0.475 e. The van der Waals surface area contributed by atoms with E-state index >= 15 is 0 Å². The third kappa shape index (κ3) is 8.46. The van der Waals surface area contributed by atoms with E-state index in [-0.39, 0.29) is 16.7 Å². The summed E-state index contributed by atoms with van der Waals surface area (Å²) in [6, 6.07) is 12.8. The molecular formula is C23H26F3N3O7S. The molecule has 2 amide bonds. The first kappa shape index (κ1) is 29.6. The Morgan fingerprint density at radius 1 is 1.00 bits per heavy atom. The number of nitrogens with one attached hydrogen (secondary N) is 3. The van der Waals surface area contributed by atoms with Crippen molar-refractivity contribution in [3.63, 3.8) is 0 Å². The number of anilines is 2. The van der Waals surface area contributed by atoms with Crippen molar-refractivity contribution in [3.8, 4) is 0 Å². The van der Waals surface area contributed by atoms with Gasteiger partial charge in [0.15, 0.2) is 0 Å². The number of sulfonamides is 1. The van der Waals surface area contributed by atoms with E-state index in [0.717, 1.165) is 18.4 Å². The molecule has 0 spiro atoms. The Kier molecular flexibility index (Phi) is 9.64. The molecule has 0 aromatic heterocycles. The van der Waals surface area contributed by atoms with E-state index in [2.05, 4.69) is 15.4 Å². The highest BCUT2D eigenvalue weighted by atomic mass is 32.2. The minimum absolute atomic E-state index is 0.0351. The number of rotatable bonds is 9. The number of methoxy groups -OCH3 is 1. The topological polar surface area (TPSA) is 151 Å². The van der Waals surface area contributed by atoms with E-state index in [9.17, 15) is 31.2 Å². The number of aliphatic carboxylic acids is 1. The second-order valence-electron chi connectivity index (χ2n) is 8.02. The standard InChI is InChI=1S/C21H25N3O5S.C2HF3O2/c1-15(25)23-17-7-9-19(10-8-17)30(27,28)24-18-5-3-16(4-6-18)21(11-12-21)20(26)22-13-14-29-2;3-2(4,5)1(6)7/h3-10,24H,11-14H2,1-2H3,(H,22,26)(H,23,25);(H,6,7). The molecule has 4 N–H and O–H groups in total. The van der Waals surface area contributed by atoms with Crippen LogP contribution in [-0.4, -0.2) is 57.7 Å². The molecule has 3 rings (SSSR count). The smallest absolute Gasteiger partial charge is 0.475 e. The molecule has 2 aromatic rings. The van der Waals surface area contributed by atoms with E-state index in [1.807, 2.05) is 0 Å². The summed E-state index contributed by atoms with van der Waals surface area (Å²) in [5.41, 5.74) is 1.25. The van der Waals surface area contributed by atoms with E-state index < -0.39 is 27.6 Å². The van der Waals surface area contributed by atoms with Gasteiger partial charge in [-0.05, 0) is 54.8 Å². The average molecular weight is 546 g/mol. The van der Waals surface area contributed by atoms with E-state index in [4.69, 9.17) is 14.6 Å². The molecule has 10 nitrogen and oxygen atoms in total. The van der Waals surface area contributed by atoms with Crippen LogP contribution in [0.2, 0.25) is 0 Å². The van der Waals surface area contributed by atoms with Gasteiger partial charge in [-0.2, -0.15) is 13.2 Å². The van der Waals surface area contributed by atoms with Crippen LogP contribution in [0.3, 0.4) is 0 Å². The van der Waals surface area contributed by atoms with Crippen molar-refractivity contribution in [1.29, 1.82) is 0 Å². The van der Waals surface area contributed by atoms with Gasteiger partial charge in [0.1, 0.15) is 0 Å². The minimum atomic E-state index is -5.08. The van der Waals surface area contributed by atoms with Crippen LogP contribution in [0.5, 0.6) is 0 Å². The Labute approximate surface area is 211 Å². The monoisotopic (exact) mass is 545 g/mol. The summed E-state index contributed by atoms with van der Waals surface area (Å²) in [4.78, 5) is 32.5. The van der Waals surface area contributed by atoms with Crippen LogP contribution in [0, 0.1) is 0 Å². The molecule has 0 saturated heterocycles. The first-order valence-electron chi connectivity index (χ1n) is 10.8. The van der Waals surface area contributed by atoms with Gasteiger partial charge in [0, 0.05) is 32.0 Å². The van der Waals surface area contributed by atoms with Gasteiger partial charge in [0.25, 0.3) is 10.0 Å². The number of carboxylic acids is 1. The van der Waals surface area contributed by atoms with Crippen molar-refractivity contribution in [2.75, 3.05) is 30.3 Å². The second kappa shape index (κ2) is 12.1. The maximum atomic E-state index is 12.6. The predicted molar refractivity (Wildman–Crippen MR) is 127 cm³/mol. The van der Waals surface area contributed by atoms with E-state index in [1.165, 1.54) is 31.2 Å². The summed E-state index contributed by atoms with van der Waals surface area (Å²) in [6.07, 6.45) is -3.56. The van der Waals surface area contributed by atoms with Gasteiger partial charge in [0.2, 0.25) is 11.8 Å². The number of carbonyl (C=O) groups excluding carboxylic acids is 2. The zero-order valence-corrected chi connectivity index (χ0v) is 20.7. The number of alkyl halides is 3. The highest BCUT2D eigenvalue weighted by Crippen LogP contribution is 2.48. The lowest BCUT2D eigenvalue weighted by Crippen LogP contribution is -2.36. The Hall–Kier alpha value is -3.65.